The highest BCUT2D eigenvalue weighted by atomic mass is 19.1. The zero-order valence-corrected chi connectivity index (χ0v) is 19.0. The van der Waals surface area contributed by atoms with Crippen LogP contribution < -0.4 is 15.6 Å². The third kappa shape index (κ3) is 5.09. The topological polar surface area (TPSA) is 69.0 Å². The van der Waals surface area contributed by atoms with Crippen LogP contribution >= 0.6 is 0 Å². The number of pyridine rings is 1. The van der Waals surface area contributed by atoms with Crippen LogP contribution in [0.3, 0.4) is 0 Å². The van der Waals surface area contributed by atoms with Crippen molar-refractivity contribution < 1.29 is 9.13 Å². The number of nitrogens with zero attached hydrogens (tertiary/aromatic N) is 3. The number of benzene rings is 2. The van der Waals surface area contributed by atoms with Gasteiger partial charge < -0.3 is 14.6 Å². The molecule has 4 rings (SSSR count). The molecule has 7 heteroatoms. The Morgan fingerprint density at radius 3 is 2.58 bits per heavy atom. The summed E-state index contributed by atoms with van der Waals surface area (Å²) in [6, 6.07) is 16.0. The first-order valence-corrected chi connectivity index (χ1v) is 10.6. The van der Waals surface area contributed by atoms with Gasteiger partial charge in [0.05, 0.1) is 5.69 Å². The van der Waals surface area contributed by atoms with Gasteiger partial charge in [-0.2, -0.15) is 9.97 Å². The van der Waals surface area contributed by atoms with Crippen molar-refractivity contribution in [2.45, 2.75) is 27.3 Å². The lowest BCUT2D eigenvalue weighted by Gasteiger charge is -2.13. The van der Waals surface area contributed by atoms with Gasteiger partial charge in [-0.25, -0.2) is 4.39 Å². The second-order valence-electron chi connectivity index (χ2n) is 8.06. The van der Waals surface area contributed by atoms with E-state index < -0.39 is 5.82 Å². The third-order valence-corrected chi connectivity index (χ3v) is 5.41. The van der Waals surface area contributed by atoms with Gasteiger partial charge in [-0.1, -0.05) is 35.9 Å². The van der Waals surface area contributed by atoms with E-state index in [1.54, 1.807) is 44.4 Å². The number of anilines is 1. The van der Waals surface area contributed by atoms with Crippen molar-refractivity contribution in [2.75, 3.05) is 5.32 Å². The normalized spacial score (nSPS) is 10.8. The summed E-state index contributed by atoms with van der Waals surface area (Å²) < 4.78 is 21.6. The number of hydrogen-bond donors (Lipinski definition) is 1. The Bertz CT molecular complexity index is 1360. The number of hydrogen-bond acceptors (Lipinski definition) is 5. The lowest BCUT2D eigenvalue weighted by molar-refractivity contribution is 0.409. The number of halogens is 1. The molecular formula is C26H25FN4O2. The smallest absolute Gasteiger partial charge is 0.324 e. The van der Waals surface area contributed by atoms with E-state index in [2.05, 4.69) is 40.4 Å². The summed E-state index contributed by atoms with van der Waals surface area (Å²) in [4.78, 5) is 20.8. The second-order valence-corrected chi connectivity index (χ2v) is 8.06. The van der Waals surface area contributed by atoms with Crippen LogP contribution in [-0.4, -0.2) is 14.5 Å². The van der Waals surface area contributed by atoms with Gasteiger partial charge in [-0.3, -0.25) is 4.79 Å². The van der Waals surface area contributed by atoms with Crippen LogP contribution in [-0.2, 0) is 13.6 Å². The lowest BCUT2D eigenvalue weighted by Crippen LogP contribution is -2.14. The van der Waals surface area contributed by atoms with Crippen LogP contribution in [0.15, 0.2) is 65.6 Å². The van der Waals surface area contributed by atoms with E-state index in [0.717, 1.165) is 5.56 Å². The first-order chi connectivity index (χ1) is 15.8. The summed E-state index contributed by atoms with van der Waals surface area (Å²) in [7, 11) is 1.67. The molecule has 6 nitrogen and oxygen atoms in total. The SMILES string of the molecule is Cc1ccc(C)c(CNc2cc(-c3ccc(=O)n(C)c3)nc(Oc3c(C)cccc3F)n2)c1. The molecule has 0 saturated heterocycles. The maximum atomic E-state index is 14.4. The van der Waals surface area contributed by atoms with Crippen molar-refractivity contribution in [2.24, 2.45) is 7.05 Å². The Balaban J connectivity index is 1.73. The fraction of sp³-hybridized carbons (Fsp3) is 0.192. The summed E-state index contributed by atoms with van der Waals surface area (Å²) in [6.07, 6.45) is 1.69. The molecule has 0 spiro atoms. The van der Waals surface area contributed by atoms with E-state index in [1.807, 2.05) is 6.92 Å². The minimum absolute atomic E-state index is 0.0121. The first-order valence-electron chi connectivity index (χ1n) is 10.6. The maximum absolute atomic E-state index is 14.4. The fourth-order valence-corrected chi connectivity index (χ4v) is 3.47. The molecule has 2 heterocycles. The molecule has 1 N–H and O–H groups in total. The highest BCUT2D eigenvalue weighted by molar-refractivity contribution is 5.62. The van der Waals surface area contributed by atoms with Gasteiger partial charge in [-0.05, 0) is 49.6 Å². The number of aryl methyl sites for hydroxylation is 4. The van der Waals surface area contributed by atoms with Gasteiger partial charge in [0.15, 0.2) is 11.6 Å². The Morgan fingerprint density at radius 2 is 1.82 bits per heavy atom. The molecule has 0 fully saturated rings. The van der Waals surface area contributed by atoms with E-state index in [-0.39, 0.29) is 17.3 Å². The molecule has 0 saturated carbocycles. The monoisotopic (exact) mass is 444 g/mol. The Labute approximate surface area is 191 Å². The molecule has 2 aromatic heterocycles. The maximum Gasteiger partial charge on any atom is 0.324 e. The molecule has 2 aromatic carbocycles. The van der Waals surface area contributed by atoms with E-state index in [1.165, 1.54) is 27.8 Å². The second kappa shape index (κ2) is 9.24. The molecule has 0 atom stereocenters. The minimum Gasteiger partial charge on any atom is -0.421 e. The number of ether oxygens (including phenoxy) is 1. The Kier molecular flexibility index (Phi) is 6.22. The van der Waals surface area contributed by atoms with Crippen molar-refractivity contribution >= 4 is 5.82 Å². The summed E-state index contributed by atoms with van der Waals surface area (Å²) in [6.45, 7) is 6.42. The van der Waals surface area contributed by atoms with E-state index in [0.29, 0.717) is 29.2 Å². The van der Waals surface area contributed by atoms with E-state index in [4.69, 9.17) is 4.74 Å². The molecule has 0 radical (unpaired) electrons. The predicted octanol–water partition coefficient (Wildman–Crippen LogP) is 5.31. The van der Waals surface area contributed by atoms with Gasteiger partial charge in [0.1, 0.15) is 5.82 Å². The van der Waals surface area contributed by atoms with Crippen molar-refractivity contribution in [3.8, 4) is 23.0 Å². The third-order valence-electron chi connectivity index (χ3n) is 5.41. The van der Waals surface area contributed by atoms with Crippen LogP contribution in [0.4, 0.5) is 10.2 Å². The molecule has 0 aliphatic rings. The molecular weight excluding hydrogens is 419 g/mol. The fourth-order valence-electron chi connectivity index (χ4n) is 3.47. The average Bonchev–Trinajstić information content (AvgIpc) is 2.79. The zero-order chi connectivity index (χ0) is 23.5. The molecule has 0 unspecified atom stereocenters. The Hall–Kier alpha value is -4.00. The van der Waals surface area contributed by atoms with Gasteiger partial charge >= 0.3 is 6.01 Å². The van der Waals surface area contributed by atoms with Gasteiger partial charge in [-0.15, -0.1) is 0 Å². The van der Waals surface area contributed by atoms with Crippen LogP contribution in [0.25, 0.3) is 11.3 Å². The largest absolute Gasteiger partial charge is 0.421 e. The molecule has 4 aromatic rings. The molecule has 0 aliphatic heterocycles. The van der Waals surface area contributed by atoms with E-state index in [9.17, 15) is 9.18 Å². The number of aromatic nitrogens is 3. The van der Waals surface area contributed by atoms with Gasteiger partial charge in [0.2, 0.25) is 5.56 Å². The lowest BCUT2D eigenvalue weighted by atomic mass is 10.1. The first kappa shape index (κ1) is 22.2. The summed E-state index contributed by atoms with van der Waals surface area (Å²) >= 11 is 0. The zero-order valence-electron chi connectivity index (χ0n) is 19.0. The van der Waals surface area contributed by atoms with Crippen LogP contribution in [0.5, 0.6) is 11.8 Å². The quantitative estimate of drug-likeness (QED) is 0.436. The van der Waals surface area contributed by atoms with Crippen molar-refractivity contribution in [1.29, 1.82) is 0 Å². The molecule has 0 aliphatic carbocycles. The van der Waals surface area contributed by atoms with Crippen LogP contribution in [0, 0.1) is 26.6 Å². The predicted molar refractivity (Wildman–Crippen MR) is 127 cm³/mol. The van der Waals surface area contributed by atoms with Crippen LogP contribution in [0.2, 0.25) is 0 Å². The number of rotatable bonds is 6. The number of nitrogens with one attached hydrogen (secondary N) is 1. The molecule has 33 heavy (non-hydrogen) atoms. The van der Waals surface area contributed by atoms with Crippen LogP contribution in [0.1, 0.15) is 22.3 Å². The molecule has 0 bridgehead atoms. The van der Waals surface area contributed by atoms with Crippen molar-refractivity contribution in [1.82, 2.24) is 14.5 Å². The number of para-hydroxylation sites is 1. The Morgan fingerprint density at radius 1 is 1.00 bits per heavy atom. The summed E-state index contributed by atoms with van der Waals surface area (Å²) in [5.74, 6) is 0.116. The summed E-state index contributed by atoms with van der Waals surface area (Å²) in [5.41, 5.74) is 5.25. The van der Waals surface area contributed by atoms with Crippen molar-refractivity contribution in [3.63, 3.8) is 0 Å². The highest BCUT2D eigenvalue weighted by Crippen LogP contribution is 2.29. The standard InChI is InChI=1S/C26H25FN4O2/c1-16-8-9-17(2)20(12-16)14-28-23-13-22(19-10-11-24(32)31(4)15-19)29-26(30-23)33-25-18(3)6-5-7-21(25)27/h5-13,15H,14H2,1-4H3,(H,28,29,30). The molecule has 0 amide bonds. The van der Waals surface area contributed by atoms with Gasteiger partial charge in [0, 0.05) is 37.5 Å². The van der Waals surface area contributed by atoms with E-state index >= 15 is 0 Å². The average molecular weight is 445 g/mol. The minimum atomic E-state index is -0.490. The van der Waals surface area contributed by atoms with Crippen molar-refractivity contribution in [3.05, 3.63) is 99.2 Å². The molecule has 168 valence electrons. The highest BCUT2D eigenvalue weighted by Gasteiger charge is 2.14. The summed E-state index contributed by atoms with van der Waals surface area (Å²) in [5, 5.41) is 3.33. The van der Waals surface area contributed by atoms with Gasteiger partial charge in [0.25, 0.3) is 0 Å².